The lowest BCUT2D eigenvalue weighted by Gasteiger charge is -2.49. The van der Waals surface area contributed by atoms with Crippen LogP contribution in [0, 0.1) is 0 Å². The van der Waals surface area contributed by atoms with Crippen molar-refractivity contribution >= 4 is 63.5 Å². The van der Waals surface area contributed by atoms with Gasteiger partial charge >= 0.3 is 5.97 Å². The number of nitrogens with zero attached hydrogens (tertiary/aromatic N) is 3. The number of allylic oxidation sites excluding steroid dienone is 1. The monoisotopic (exact) mass is 470 g/mol. The van der Waals surface area contributed by atoms with Gasteiger partial charge in [0.05, 0.1) is 0 Å². The number of nitrogen functional groups attached to an aromatic ring is 1. The summed E-state index contributed by atoms with van der Waals surface area (Å²) >= 11 is 3.65. The highest BCUT2D eigenvalue weighted by Gasteiger charge is 2.54. The lowest BCUT2D eigenvalue weighted by Crippen LogP contribution is -2.71. The summed E-state index contributed by atoms with van der Waals surface area (Å²) in [5.74, 6) is -2.25. The molecule has 3 heterocycles. The molecule has 2 amide bonds. The molecule has 2 aliphatic heterocycles. The number of carbonyl (C=O) groups is 3. The number of carbonyl (C=O) groups excluding carboxylic acids is 2. The fraction of sp³-hybridized carbons (Fsp3) is 0.312. The average Bonchev–Trinajstić information content (AvgIpc) is 3.12. The first-order valence-electron chi connectivity index (χ1n) is 8.48. The van der Waals surface area contributed by atoms with E-state index in [1.54, 1.807) is 6.08 Å². The molecule has 0 radical (unpaired) electrons. The second kappa shape index (κ2) is 9.07. The topological polar surface area (TPSA) is 184 Å². The van der Waals surface area contributed by atoms with Crippen molar-refractivity contribution in [2.24, 2.45) is 10.9 Å². The summed E-state index contributed by atoms with van der Waals surface area (Å²) in [6.45, 7) is 2.13. The fourth-order valence-corrected chi connectivity index (χ4v) is 5.92. The van der Waals surface area contributed by atoms with Crippen LogP contribution in [0.2, 0.25) is 0 Å². The van der Waals surface area contributed by atoms with Crippen molar-refractivity contribution in [3.8, 4) is 0 Å². The Labute approximate surface area is 183 Å². The third-order valence-corrected chi connectivity index (χ3v) is 7.40. The number of carboxylic acids is 1. The van der Waals surface area contributed by atoms with Gasteiger partial charge in [-0.05, 0) is 11.8 Å². The summed E-state index contributed by atoms with van der Waals surface area (Å²) in [6.07, 6.45) is 1.76. The third-order valence-electron chi connectivity index (χ3n) is 4.19. The number of β-lactam (4-membered cyclic amide) rings is 1. The van der Waals surface area contributed by atoms with Gasteiger partial charge in [0.25, 0.3) is 11.8 Å². The van der Waals surface area contributed by atoms with Crippen LogP contribution in [0.25, 0.3) is 0 Å². The van der Waals surface area contributed by atoms with E-state index in [9.17, 15) is 24.7 Å². The van der Waals surface area contributed by atoms with Gasteiger partial charge in [-0.15, -0.1) is 23.1 Å². The highest BCUT2D eigenvalue weighted by Crippen LogP contribution is 2.44. The normalized spacial score (nSPS) is 21.9. The van der Waals surface area contributed by atoms with E-state index in [1.807, 2.05) is 6.92 Å². The molecule has 30 heavy (non-hydrogen) atoms. The minimum Gasteiger partial charge on any atom is -0.477 e. The number of thiazole rings is 1. The lowest BCUT2D eigenvalue weighted by atomic mass is 10.0. The number of nitrogens with one attached hydrogen (secondary N) is 1. The second-order valence-electron chi connectivity index (χ2n) is 6.11. The summed E-state index contributed by atoms with van der Waals surface area (Å²) in [5.41, 5.74) is 10.6. The van der Waals surface area contributed by atoms with Gasteiger partial charge in [0.15, 0.2) is 10.8 Å². The second-order valence-corrected chi connectivity index (χ2v) is 9.45. The average molecular weight is 471 g/mol. The van der Waals surface area contributed by atoms with Gasteiger partial charge < -0.3 is 27.1 Å². The number of oxime groups is 1. The van der Waals surface area contributed by atoms with Crippen LogP contribution in [-0.4, -0.2) is 67.4 Å². The first kappa shape index (κ1) is 22.1. The first-order chi connectivity index (χ1) is 14.3. The van der Waals surface area contributed by atoms with Gasteiger partial charge in [0.1, 0.15) is 22.8 Å². The van der Waals surface area contributed by atoms with E-state index in [4.69, 9.17) is 11.5 Å². The number of aromatic nitrogens is 1. The molecule has 0 spiro atoms. The number of amides is 2. The Morgan fingerprint density at radius 3 is 2.83 bits per heavy atom. The summed E-state index contributed by atoms with van der Waals surface area (Å²) in [7, 11) is 0. The SMILES string of the molecule is C/C(=C\CN)SC1=C(C(=O)O)N2C(=O)C(NC(=O)/C(=N\O)c3csc(N)n3)[C@H]2SC1. The maximum absolute atomic E-state index is 12.7. The Morgan fingerprint density at radius 2 is 2.27 bits per heavy atom. The number of thioether (sulfide) groups is 2. The third kappa shape index (κ3) is 4.16. The zero-order valence-electron chi connectivity index (χ0n) is 15.6. The van der Waals surface area contributed by atoms with Crippen molar-refractivity contribution < 1.29 is 24.7 Å². The predicted molar refractivity (Wildman–Crippen MR) is 115 cm³/mol. The molecule has 160 valence electrons. The standard InChI is InChI=1S/C16H18N6O5S3/c1-6(2-3-17)30-8-5-28-14-10(13(24)22(14)11(8)15(25)26)20-12(23)9(21-27)7-4-29-16(18)19-7/h2,4,10,14,27H,3,5,17H2,1H3,(H2,18,19)(H,20,23)(H,25,26)/b6-2+,21-9-/t10?,14-/m1/s1. The van der Waals surface area contributed by atoms with Crippen molar-refractivity contribution in [2.45, 2.75) is 18.3 Å². The van der Waals surface area contributed by atoms with E-state index in [0.717, 1.165) is 21.1 Å². The summed E-state index contributed by atoms with van der Waals surface area (Å²) in [5, 5.41) is 25.3. The lowest BCUT2D eigenvalue weighted by molar-refractivity contribution is -0.150. The molecule has 2 aliphatic rings. The summed E-state index contributed by atoms with van der Waals surface area (Å²) < 4.78 is 0. The van der Waals surface area contributed by atoms with Gasteiger partial charge in [-0.1, -0.05) is 23.0 Å². The van der Waals surface area contributed by atoms with Gasteiger partial charge in [-0.3, -0.25) is 14.5 Å². The maximum atomic E-state index is 12.7. The van der Waals surface area contributed by atoms with Crippen molar-refractivity contribution in [2.75, 3.05) is 18.0 Å². The van der Waals surface area contributed by atoms with E-state index in [0.29, 0.717) is 17.2 Å². The van der Waals surface area contributed by atoms with Crippen molar-refractivity contribution in [1.29, 1.82) is 0 Å². The van der Waals surface area contributed by atoms with Crippen molar-refractivity contribution in [1.82, 2.24) is 15.2 Å². The van der Waals surface area contributed by atoms with Crippen LogP contribution in [0.1, 0.15) is 12.6 Å². The molecule has 7 N–H and O–H groups in total. The number of anilines is 1. The van der Waals surface area contributed by atoms with Gasteiger partial charge in [0, 0.05) is 22.6 Å². The summed E-state index contributed by atoms with van der Waals surface area (Å²) in [4.78, 5) is 43.4. The largest absolute Gasteiger partial charge is 0.477 e. The van der Waals surface area contributed by atoms with Crippen LogP contribution in [-0.2, 0) is 14.4 Å². The predicted octanol–water partition coefficient (Wildman–Crippen LogP) is 0.195. The van der Waals surface area contributed by atoms with Gasteiger partial charge in [-0.2, -0.15) is 0 Å². The molecule has 3 rings (SSSR count). The minimum absolute atomic E-state index is 0.0735. The minimum atomic E-state index is -1.22. The molecule has 1 aromatic heterocycles. The van der Waals surface area contributed by atoms with E-state index in [1.165, 1.54) is 28.9 Å². The van der Waals surface area contributed by atoms with Crippen LogP contribution in [0.3, 0.4) is 0 Å². The molecule has 1 aromatic rings. The van der Waals surface area contributed by atoms with Crippen LogP contribution in [0.5, 0.6) is 0 Å². The molecular formula is C16H18N6O5S3. The van der Waals surface area contributed by atoms with Crippen LogP contribution >= 0.6 is 34.9 Å². The number of hydrogen-bond acceptors (Lipinski definition) is 11. The smallest absolute Gasteiger partial charge is 0.353 e. The van der Waals surface area contributed by atoms with Gasteiger partial charge in [-0.25, -0.2) is 9.78 Å². The Balaban J connectivity index is 1.78. The Kier molecular flexibility index (Phi) is 6.70. The number of nitrogens with two attached hydrogens (primary N) is 2. The quantitative estimate of drug-likeness (QED) is 0.159. The highest BCUT2D eigenvalue weighted by molar-refractivity contribution is 8.08. The fourth-order valence-electron chi connectivity index (χ4n) is 2.89. The summed E-state index contributed by atoms with van der Waals surface area (Å²) in [6, 6.07) is -0.961. The zero-order valence-corrected chi connectivity index (χ0v) is 18.0. The van der Waals surface area contributed by atoms with E-state index >= 15 is 0 Å². The number of hydrogen-bond donors (Lipinski definition) is 5. The molecule has 2 atom stereocenters. The van der Waals surface area contributed by atoms with E-state index in [2.05, 4.69) is 15.5 Å². The molecule has 0 aromatic carbocycles. The first-order valence-corrected chi connectivity index (χ1v) is 11.2. The number of fused-ring (bicyclic) bond motifs is 1. The van der Waals surface area contributed by atoms with Gasteiger partial charge in [0.2, 0.25) is 0 Å². The van der Waals surface area contributed by atoms with E-state index < -0.39 is 29.2 Å². The molecule has 14 heteroatoms. The Bertz CT molecular complexity index is 988. The van der Waals surface area contributed by atoms with E-state index in [-0.39, 0.29) is 22.2 Å². The molecule has 1 unspecified atom stereocenters. The maximum Gasteiger partial charge on any atom is 0.353 e. The van der Waals surface area contributed by atoms with Crippen LogP contribution < -0.4 is 16.8 Å². The molecule has 1 saturated heterocycles. The number of carboxylic acid groups (broad SMARTS) is 1. The van der Waals surface area contributed by atoms with Crippen LogP contribution in [0.15, 0.2) is 32.1 Å². The Hall–Kier alpha value is -2.55. The Morgan fingerprint density at radius 1 is 1.53 bits per heavy atom. The molecule has 1 fully saturated rings. The molecular weight excluding hydrogens is 452 g/mol. The molecule has 0 bridgehead atoms. The molecule has 11 nitrogen and oxygen atoms in total. The number of aliphatic carboxylic acids is 1. The highest BCUT2D eigenvalue weighted by atomic mass is 32.2. The number of rotatable bonds is 7. The molecule has 0 aliphatic carbocycles. The van der Waals surface area contributed by atoms with Crippen molar-refractivity contribution in [3.05, 3.63) is 32.7 Å². The molecule has 0 saturated carbocycles. The van der Waals surface area contributed by atoms with Crippen LogP contribution in [0.4, 0.5) is 5.13 Å². The van der Waals surface area contributed by atoms with Crippen molar-refractivity contribution in [3.63, 3.8) is 0 Å². The zero-order chi connectivity index (χ0) is 22.0.